The second kappa shape index (κ2) is 14.3. The fraction of sp³-hybridized carbons (Fsp3) is 0.236. The van der Waals surface area contributed by atoms with E-state index in [1.807, 2.05) is 0 Å². The third-order valence-corrected chi connectivity index (χ3v) is 13.7. The van der Waals surface area contributed by atoms with Gasteiger partial charge in [0.2, 0.25) is 0 Å². The molecule has 2 heterocycles. The molecule has 2 unspecified atom stereocenters. The highest BCUT2D eigenvalue weighted by Crippen LogP contribution is 2.67. The van der Waals surface area contributed by atoms with E-state index < -0.39 is 11.0 Å². The van der Waals surface area contributed by atoms with Crippen molar-refractivity contribution < 1.29 is 18.9 Å². The van der Waals surface area contributed by atoms with Crippen molar-refractivity contribution in [1.29, 1.82) is 0 Å². The third kappa shape index (κ3) is 5.18. The Bertz CT molecular complexity index is 2830. The van der Waals surface area contributed by atoms with E-state index in [0.717, 1.165) is 77.8 Å². The Labute approximate surface area is 352 Å². The maximum Gasteiger partial charge on any atom is 0.177 e. The van der Waals surface area contributed by atoms with Crippen molar-refractivity contribution in [3.63, 3.8) is 0 Å². The molecule has 6 aromatic rings. The summed E-state index contributed by atoms with van der Waals surface area (Å²) in [7, 11) is 3.54. The standard InChI is InChI=1S/C55H49NO4/c1-5-12-38(24-21-35(2)56-29-31-59-32-30-56)54(39-15-7-6-8-16-39)28-27-44-52-51(42-18-11-17-40(57-3)33-45(42)53(44)60-54)43-26-25-41(58-4)34-48(43)55(52)46-19-9-13-36-22-23-37-14-10-20-47(55)50(37)49(36)46/h6-16,18-28,33-35H,5,17,29-32H2,1-4H3/b24-21-,38-12+. The highest BCUT2D eigenvalue weighted by molar-refractivity contribution is 6.18. The number of hydrogen-bond donors (Lipinski definition) is 0. The molecule has 0 radical (unpaired) electrons. The SMILES string of the molecule is CC/C=C(\C=C/C(C)N1CCOCC1)C1(c2ccccc2)C=Cc2c(c3c(c4c2C2(c5cc(OC)ccc5-4)c4cccc5ccc6cccc2c6c45)C=CCC(OC)=C3)O1. The summed E-state index contributed by atoms with van der Waals surface area (Å²) in [6.07, 6.45) is 20.0. The summed E-state index contributed by atoms with van der Waals surface area (Å²) in [5.74, 6) is 2.60. The number of morpholine rings is 1. The molecule has 5 nitrogen and oxygen atoms in total. The van der Waals surface area contributed by atoms with Gasteiger partial charge in [0.15, 0.2) is 5.60 Å². The van der Waals surface area contributed by atoms with Crippen LogP contribution in [0.5, 0.6) is 11.5 Å². The summed E-state index contributed by atoms with van der Waals surface area (Å²) in [4.78, 5) is 2.49. The number of fused-ring (bicyclic) bond motifs is 12. The molecule has 1 spiro atoms. The highest BCUT2D eigenvalue weighted by atomic mass is 16.5. The molecule has 0 N–H and O–H groups in total. The van der Waals surface area contributed by atoms with Gasteiger partial charge in [-0.25, -0.2) is 0 Å². The van der Waals surface area contributed by atoms with Gasteiger partial charge in [-0.15, -0.1) is 0 Å². The van der Waals surface area contributed by atoms with E-state index >= 15 is 0 Å². The van der Waals surface area contributed by atoms with Crippen LogP contribution >= 0.6 is 0 Å². The van der Waals surface area contributed by atoms with Gasteiger partial charge in [-0.3, -0.25) is 4.90 Å². The maximum atomic E-state index is 7.94. The van der Waals surface area contributed by atoms with Gasteiger partial charge in [0.25, 0.3) is 0 Å². The van der Waals surface area contributed by atoms with Crippen LogP contribution in [0.25, 0.3) is 50.9 Å². The van der Waals surface area contributed by atoms with Crippen LogP contribution in [0.15, 0.2) is 139 Å². The number of hydrogen-bond acceptors (Lipinski definition) is 5. The zero-order valence-electron chi connectivity index (χ0n) is 34.8. The Kier molecular flexibility index (Phi) is 8.77. The van der Waals surface area contributed by atoms with Crippen molar-refractivity contribution in [3.8, 4) is 22.6 Å². The van der Waals surface area contributed by atoms with Crippen LogP contribution in [0, 0.1) is 0 Å². The third-order valence-electron chi connectivity index (χ3n) is 13.7. The molecule has 5 heteroatoms. The van der Waals surface area contributed by atoms with E-state index in [9.17, 15) is 0 Å². The minimum absolute atomic E-state index is 0.239. The average molecular weight is 788 g/mol. The van der Waals surface area contributed by atoms with Crippen LogP contribution in [0.3, 0.4) is 0 Å². The zero-order chi connectivity index (χ0) is 40.6. The monoisotopic (exact) mass is 787 g/mol. The first-order valence-corrected chi connectivity index (χ1v) is 21.5. The lowest BCUT2D eigenvalue weighted by Crippen LogP contribution is -2.41. The molecule has 1 saturated heterocycles. The van der Waals surface area contributed by atoms with Gasteiger partial charge in [-0.2, -0.15) is 0 Å². The molecular formula is C55H49NO4. The van der Waals surface area contributed by atoms with Gasteiger partial charge >= 0.3 is 0 Å². The molecule has 11 rings (SSSR count). The Morgan fingerprint density at radius 3 is 2.25 bits per heavy atom. The molecule has 2 atom stereocenters. The van der Waals surface area contributed by atoms with Crippen molar-refractivity contribution in [2.24, 2.45) is 0 Å². The van der Waals surface area contributed by atoms with Crippen molar-refractivity contribution in [1.82, 2.24) is 4.90 Å². The first-order valence-electron chi connectivity index (χ1n) is 21.5. The predicted molar refractivity (Wildman–Crippen MR) is 245 cm³/mol. The second-order valence-corrected chi connectivity index (χ2v) is 16.6. The Morgan fingerprint density at radius 2 is 1.55 bits per heavy atom. The molecule has 0 bridgehead atoms. The molecule has 60 heavy (non-hydrogen) atoms. The number of ether oxygens (including phenoxy) is 4. The minimum atomic E-state index is -0.912. The van der Waals surface area contributed by atoms with E-state index in [-0.39, 0.29) is 6.04 Å². The number of nitrogens with zero attached hydrogens (tertiary/aromatic N) is 1. The quantitative estimate of drug-likeness (QED) is 0.113. The number of methoxy groups -OCH3 is 2. The van der Waals surface area contributed by atoms with Crippen LogP contribution in [0.2, 0.25) is 0 Å². The fourth-order valence-electron chi connectivity index (χ4n) is 11.0. The summed E-state index contributed by atoms with van der Waals surface area (Å²) in [6.45, 7) is 7.87. The molecule has 6 aromatic carbocycles. The van der Waals surface area contributed by atoms with Crippen molar-refractivity contribution in [2.45, 2.75) is 43.7 Å². The normalized spacial score (nSPS) is 20.2. The number of benzene rings is 6. The van der Waals surface area contributed by atoms with Gasteiger partial charge < -0.3 is 18.9 Å². The molecule has 0 amide bonds. The first-order chi connectivity index (χ1) is 29.5. The fourth-order valence-corrected chi connectivity index (χ4v) is 11.0. The van der Waals surface area contributed by atoms with Gasteiger partial charge in [0.05, 0.1) is 32.8 Å². The molecule has 2 aliphatic heterocycles. The summed E-state index contributed by atoms with van der Waals surface area (Å²) in [6, 6.07) is 35.9. The van der Waals surface area contributed by atoms with Gasteiger partial charge in [-0.05, 0) is 104 Å². The van der Waals surface area contributed by atoms with Crippen LogP contribution < -0.4 is 9.47 Å². The van der Waals surface area contributed by atoms with Crippen LogP contribution in [0.4, 0.5) is 0 Å². The molecule has 298 valence electrons. The Morgan fingerprint density at radius 1 is 0.800 bits per heavy atom. The molecule has 5 aliphatic rings. The topological polar surface area (TPSA) is 40.2 Å². The van der Waals surface area contributed by atoms with E-state index in [4.69, 9.17) is 18.9 Å². The van der Waals surface area contributed by atoms with Crippen molar-refractivity contribution in [3.05, 3.63) is 183 Å². The lowest BCUT2D eigenvalue weighted by Gasteiger charge is -2.40. The highest BCUT2D eigenvalue weighted by Gasteiger charge is 2.54. The number of rotatable bonds is 8. The summed E-state index contributed by atoms with van der Waals surface area (Å²) in [5, 5.41) is 5.14. The summed E-state index contributed by atoms with van der Waals surface area (Å²) in [5.41, 5.74) is 11.4. The number of allylic oxidation sites excluding steroid dienone is 2. The maximum absolute atomic E-state index is 7.94. The predicted octanol–water partition coefficient (Wildman–Crippen LogP) is 12.0. The largest absolute Gasteiger partial charge is 0.501 e. The minimum Gasteiger partial charge on any atom is -0.501 e. The van der Waals surface area contributed by atoms with Gasteiger partial charge in [0, 0.05) is 42.2 Å². The molecule has 1 fully saturated rings. The Balaban J connectivity index is 1.23. The zero-order valence-corrected chi connectivity index (χ0v) is 34.8. The van der Waals surface area contributed by atoms with E-state index in [1.165, 1.54) is 54.9 Å². The average Bonchev–Trinajstić information content (AvgIpc) is 3.66. The lowest BCUT2D eigenvalue weighted by atomic mass is 9.67. The molecule has 0 aromatic heterocycles. The van der Waals surface area contributed by atoms with Crippen LogP contribution in [-0.2, 0) is 20.5 Å². The van der Waals surface area contributed by atoms with E-state index in [1.54, 1.807) is 14.2 Å². The van der Waals surface area contributed by atoms with Crippen molar-refractivity contribution >= 4 is 39.8 Å². The van der Waals surface area contributed by atoms with E-state index in [0.29, 0.717) is 6.42 Å². The van der Waals surface area contributed by atoms with E-state index in [2.05, 4.69) is 164 Å². The molecule has 0 saturated carbocycles. The smallest absolute Gasteiger partial charge is 0.177 e. The first kappa shape index (κ1) is 36.9. The van der Waals surface area contributed by atoms with Crippen LogP contribution in [0.1, 0.15) is 71.2 Å². The van der Waals surface area contributed by atoms with Gasteiger partial charge in [0.1, 0.15) is 17.3 Å². The molecule has 3 aliphatic carbocycles. The summed E-state index contributed by atoms with van der Waals surface area (Å²) >= 11 is 0. The van der Waals surface area contributed by atoms with Crippen LogP contribution in [-0.4, -0.2) is 51.5 Å². The Hall–Kier alpha value is -6.14. The second-order valence-electron chi connectivity index (χ2n) is 16.6. The van der Waals surface area contributed by atoms with Crippen molar-refractivity contribution in [2.75, 3.05) is 40.5 Å². The molecular weight excluding hydrogens is 739 g/mol. The van der Waals surface area contributed by atoms with Gasteiger partial charge in [-0.1, -0.05) is 128 Å². The summed E-state index contributed by atoms with van der Waals surface area (Å²) < 4.78 is 25.8. The lowest BCUT2D eigenvalue weighted by molar-refractivity contribution is 0.0286.